The summed E-state index contributed by atoms with van der Waals surface area (Å²) < 4.78 is 10.6. The molecule has 0 aromatic heterocycles. The molecule has 0 unspecified atom stereocenters. The Morgan fingerprint density at radius 3 is 2.71 bits per heavy atom. The number of carbonyl (C=O) groups excluding carboxylic acids is 2. The molecule has 1 aromatic rings. The third kappa shape index (κ3) is 4.35. The summed E-state index contributed by atoms with van der Waals surface area (Å²) in [4.78, 5) is 23.1. The van der Waals surface area contributed by atoms with Gasteiger partial charge < -0.3 is 26.3 Å². The summed E-state index contributed by atoms with van der Waals surface area (Å²) in [6, 6.07) is 4.64. The summed E-state index contributed by atoms with van der Waals surface area (Å²) in [5.41, 5.74) is 11.4. The van der Waals surface area contributed by atoms with Crippen LogP contribution < -0.4 is 21.5 Å². The van der Waals surface area contributed by atoms with E-state index in [1.54, 1.807) is 6.07 Å². The van der Waals surface area contributed by atoms with Crippen LogP contribution >= 0.6 is 0 Å². The molecule has 7 nitrogen and oxygen atoms in total. The van der Waals surface area contributed by atoms with Gasteiger partial charge >= 0.3 is 0 Å². The highest BCUT2D eigenvalue weighted by Crippen LogP contribution is 2.20. The number of hydrogen-bond acceptors (Lipinski definition) is 5. The van der Waals surface area contributed by atoms with E-state index in [0.29, 0.717) is 18.9 Å². The summed E-state index contributed by atoms with van der Waals surface area (Å²) in [5.74, 6) is -0.643. The number of primary amides is 1. The molecule has 7 heteroatoms. The van der Waals surface area contributed by atoms with Gasteiger partial charge in [0, 0.05) is 24.9 Å². The van der Waals surface area contributed by atoms with E-state index in [1.807, 2.05) is 0 Å². The maximum atomic E-state index is 11.8. The van der Waals surface area contributed by atoms with E-state index in [9.17, 15) is 9.59 Å². The number of ether oxygens (including phenoxy) is 2. The maximum absolute atomic E-state index is 11.8. The zero-order valence-corrected chi connectivity index (χ0v) is 11.6. The quantitative estimate of drug-likeness (QED) is 0.663. The number of hydrogen-bond donors (Lipinski definition) is 3. The third-order valence-electron chi connectivity index (χ3n) is 3.21. The lowest BCUT2D eigenvalue weighted by atomic mass is 10.1. The van der Waals surface area contributed by atoms with Gasteiger partial charge in [0.05, 0.1) is 5.56 Å². The molecular formula is C14H19N3O4. The highest BCUT2D eigenvalue weighted by molar-refractivity contribution is 5.96. The molecule has 0 atom stereocenters. The molecule has 1 fully saturated rings. The van der Waals surface area contributed by atoms with Crippen LogP contribution in [0.4, 0.5) is 5.69 Å². The molecule has 1 aliphatic heterocycles. The lowest BCUT2D eigenvalue weighted by molar-refractivity contribution is -0.124. The highest BCUT2D eigenvalue weighted by atomic mass is 16.5. The smallest absolute Gasteiger partial charge is 0.258 e. The largest absolute Gasteiger partial charge is 0.483 e. The molecule has 1 aromatic carbocycles. The van der Waals surface area contributed by atoms with Crippen molar-refractivity contribution in [3.63, 3.8) is 0 Å². The summed E-state index contributed by atoms with van der Waals surface area (Å²) in [7, 11) is 0. The molecule has 0 spiro atoms. The SMILES string of the molecule is NC(=O)c1cc(N)ccc1OCC(=O)NC1CCOCC1. The van der Waals surface area contributed by atoms with Gasteiger partial charge in [-0.15, -0.1) is 0 Å². The van der Waals surface area contributed by atoms with Crippen LogP contribution in [0.2, 0.25) is 0 Å². The number of nitrogens with one attached hydrogen (secondary N) is 1. The molecule has 2 rings (SSSR count). The predicted octanol–water partition coefficient (Wildman–Crippen LogP) is 0.0417. The van der Waals surface area contributed by atoms with E-state index in [0.717, 1.165) is 12.8 Å². The molecule has 0 saturated carbocycles. The van der Waals surface area contributed by atoms with Crippen molar-refractivity contribution in [3.05, 3.63) is 23.8 Å². The number of amides is 2. The van der Waals surface area contributed by atoms with Gasteiger partial charge in [0.1, 0.15) is 5.75 Å². The Morgan fingerprint density at radius 1 is 1.33 bits per heavy atom. The monoisotopic (exact) mass is 293 g/mol. The average molecular weight is 293 g/mol. The first-order valence-electron chi connectivity index (χ1n) is 6.75. The minimum Gasteiger partial charge on any atom is -0.483 e. The summed E-state index contributed by atoms with van der Waals surface area (Å²) in [6.45, 7) is 1.12. The number of nitrogens with two attached hydrogens (primary N) is 2. The number of carbonyl (C=O) groups is 2. The lowest BCUT2D eigenvalue weighted by Gasteiger charge is -2.23. The Balaban J connectivity index is 1.90. The first-order chi connectivity index (χ1) is 10.1. The predicted molar refractivity (Wildman–Crippen MR) is 76.9 cm³/mol. The van der Waals surface area contributed by atoms with Crippen molar-refractivity contribution >= 4 is 17.5 Å². The zero-order valence-electron chi connectivity index (χ0n) is 11.6. The normalized spacial score (nSPS) is 15.4. The standard InChI is InChI=1S/C14H19N3O4/c15-9-1-2-12(11(7-9)14(16)19)21-8-13(18)17-10-3-5-20-6-4-10/h1-2,7,10H,3-6,8,15H2,(H2,16,19)(H,17,18). The molecule has 21 heavy (non-hydrogen) atoms. The molecule has 114 valence electrons. The minimum absolute atomic E-state index is 0.108. The van der Waals surface area contributed by atoms with Gasteiger partial charge in [-0.25, -0.2) is 0 Å². The number of anilines is 1. The van der Waals surface area contributed by atoms with Crippen molar-refractivity contribution in [1.29, 1.82) is 0 Å². The number of nitrogen functional groups attached to an aromatic ring is 1. The van der Waals surface area contributed by atoms with Crippen LogP contribution in [0, 0.1) is 0 Å². The Morgan fingerprint density at radius 2 is 2.05 bits per heavy atom. The van der Waals surface area contributed by atoms with Crippen LogP contribution in [-0.4, -0.2) is 37.7 Å². The van der Waals surface area contributed by atoms with E-state index in [4.69, 9.17) is 20.9 Å². The zero-order chi connectivity index (χ0) is 15.2. The Bertz CT molecular complexity index is 527. The van der Waals surface area contributed by atoms with E-state index in [1.165, 1.54) is 12.1 Å². The van der Waals surface area contributed by atoms with Crippen molar-refractivity contribution in [3.8, 4) is 5.75 Å². The van der Waals surface area contributed by atoms with Gasteiger partial charge in [0.15, 0.2) is 6.61 Å². The van der Waals surface area contributed by atoms with E-state index in [2.05, 4.69) is 5.32 Å². The molecule has 0 aliphatic carbocycles. The Labute approximate surface area is 122 Å². The van der Waals surface area contributed by atoms with Gasteiger partial charge in [-0.1, -0.05) is 0 Å². The summed E-state index contributed by atoms with van der Waals surface area (Å²) >= 11 is 0. The van der Waals surface area contributed by atoms with Crippen molar-refractivity contribution in [1.82, 2.24) is 5.32 Å². The molecular weight excluding hydrogens is 274 g/mol. The minimum atomic E-state index is -0.651. The third-order valence-corrected chi connectivity index (χ3v) is 3.21. The summed E-state index contributed by atoms with van der Waals surface area (Å²) in [5, 5.41) is 2.86. The topological polar surface area (TPSA) is 117 Å². The highest BCUT2D eigenvalue weighted by Gasteiger charge is 2.17. The molecule has 0 radical (unpaired) electrons. The number of benzene rings is 1. The van der Waals surface area contributed by atoms with E-state index in [-0.39, 0.29) is 29.9 Å². The van der Waals surface area contributed by atoms with Crippen molar-refractivity contribution in [2.45, 2.75) is 18.9 Å². The molecule has 1 heterocycles. The second-order valence-corrected chi connectivity index (χ2v) is 4.86. The van der Waals surface area contributed by atoms with Crippen LogP contribution in [0.5, 0.6) is 5.75 Å². The second-order valence-electron chi connectivity index (χ2n) is 4.86. The molecule has 1 aliphatic rings. The van der Waals surface area contributed by atoms with Crippen molar-refractivity contribution in [2.24, 2.45) is 5.73 Å². The van der Waals surface area contributed by atoms with Crippen LogP contribution in [0.25, 0.3) is 0 Å². The first kappa shape index (κ1) is 15.1. The molecule has 0 bridgehead atoms. The Kier molecular flexibility index (Phi) is 4.99. The lowest BCUT2D eigenvalue weighted by Crippen LogP contribution is -2.41. The van der Waals surface area contributed by atoms with Gasteiger partial charge in [-0.05, 0) is 31.0 Å². The van der Waals surface area contributed by atoms with Crippen molar-refractivity contribution < 1.29 is 19.1 Å². The fraction of sp³-hybridized carbons (Fsp3) is 0.429. The molecule has 2 amide bonds. The average Bonchev–Trinajstić information content (AvgIpc) is 2.47. The van der Waals surface area contributed by atoms with E-state index >= 15 is 0 Å². The van der Waals surface area contributed by atoms with Gasteiger partial charge in [-0.3, -0.25) is 9.59 Å². The Hall–Kier alpha value is -2.28. The second kappa shape index (κ2) is 6.94. The van der Waals surface area contributed by atoms with Crippen LogP contribution in [0.1, 0.15) is 23.2 Å². The van der Waals surface area contributed by atoms with Gasteiger partial charge in [-0.2, -0.15) is 0 Å². The summed E-state index contributed by atoms with van der Waals surface area (Å²) in [6.07, 6.45) is 1.58. The van der Waals surface area contributed by atoms with Crippen LogP contribution in [0.3, 0.4) is 0 Å². The molecule has 1 saturated heterocycles. The van der Waals surface area contributed by atoms with Crippen LogP contribution in [0.15, 0.2) is 18.2 Å². The fourth-order valence-corrected chi connectivity index (χ4v) is 2.12. The fourth-order valence-electron chi connectivity index (χ4n) is 2.12. The number of rotatable bonds is 5. The van der Waals surface area contributed by atoms with Crippen LogP contribution in [-0.2, 0) is 9.53 Å². The van der Waals surface area contributed by atoms with Gasteiger partial charge in [0.25, 0.3) is 11.8 Å². The van der Waals surface area contributed by atoms with Gasteiger partial charge in [0.2, 0.25) is 0 Å². The van der Waals surface area contributed by atoms with Crippen molar-refractivity contribution in [2.75, 3.05) is 25.6 Å². The molecule has 5 N–H and O–H groups in total. The van der Waals surface area contributed by atoms with E-state index < -0.39 is 5.91 Å². The maximum Gasteiger partial charge on any atom is 0.258 e. The first-order valence-corrected chi connectivity index (χ1v) is 6.75.